The number of nitrogens with zero attached hydrogens (tertiary/aromatic N) is 1. The fourth-order valence-electron chi connectivity index (χ4n) is 1.66. The molecule has 1 aromatic rings. The number of hydrogen-bond donors (Lipinski definition) is 1. The van der Waals surface area contributed by atoms with E-state index in [1.807, 2.05) is 6.92 Å². The molecule has 1 unspecified atom stereocenters. The van der Waals surface area contributed by atoms with Gasteiger partial charge in [0.25, 0.3) is 0 Å². The molecule has 1 N–H and O–H groups in total. The number of rotatable bonds is 4. The maximum atomic E-state index is 8.57. The molecule has 0 aliphatic rings. The molecule has 15 heavy (non-hydrogen) atoms. The van der Waals surface area contributed by atoms with E-state index in [0.717, 1.165) is 0 Å². The van der Waals surface area contributed by atoms with Crippen molar-refractivity contribution < 1.29 is 0 Å². The Balaban J connectivity index is 2.61. The quantitative estimate of drug-likeness (QED) is 0.814. The minimum Gasteiger partial charge on any atom is -0.307 e. The first-order valence-corrected chi connectivity index (χ1v) is 5.33. The van der Waals surface area contributed by atoms with Crippen LogP contribution in [0.5, 0.6) is 0 Å². The summed E-state index contributed by atoms with van der Waals surface area (Å²) in [6.07, 6.45) is 0.552. The number of hydrogen-bond acceptors (Lipinski definition) is 2. The van der Waals surface area contributed by atoms with Crippen molar-refractivity contribution in [2.24, 2.45) is 0 Å². The highest BCUT2D eigenvalue weighted by atomic mass is 14.9. The minimum atomic E-state index is 0.241. The van der Waals surface area contributed by atoms with E-state index < -0.39 is 0 Å². The van der Waals surface area contributed by atoms with Gasteiger partial charge >= 0.3 is 0 Å². The SMILES string of the molecule is Cc1cccc([C@H](C)NC(C)CC#N)c1. The molecule has 0 saturated carbocycles. The van der Waals surface area contributed by atoms with Crippen molar-refractivity contribution in [3.63, 3.8) is 0 Å². The standard InChI is InChI=1S/C13H18N2/c1-10-5-4-6-13(9-10)12(3)15-11(2)7-8-14/h4-6,9,11-12,15H,7H2,1-3H3/t11?,12-/m0/s1. The molecule has 0 bridgehead atoms. The summed E-state index contributed by atoms with van der Waals surface area (Å²) in [5.41, 5.74) is 2.55. The van der Waals surface area contributed by atoms with Crippen LogP contribution in [0.3, 0.4) is 0 Å². The van der Waals surface area contributed by atoms with Gasteiger partial charge < -0.3 is 5.32 Å². The molecule has 0 aromatic heterocycles. The lowest BCUT2D eigenvalue weighted by atomic mass is 10.0. The highest BCUT2D eigenvalue weighted by Gasteiger charge is 2.08. The molecule has 0 amide bonds. The normalized spacial score (nSPS) is 14.3. The first-order chi connectivity index (χ1) is 7.13. The van der Waals surface area contributed by atoms with Crippen molar-refractivity contribution in [1.82, 2.24) is 5.32 Å². The van der Waals surface area contributed by atoms with Gasteiger partial charge in [-0.05, 0) is 26.3 Å². The Morgan fingerprint density at radius 2 is 2.13 bits per heavy atom. The smallest absolute Gasteiger partial charge is 0.0638 e. The largest absolute Gasteiger partial charge is 0.307 e. The predicted molar refractivity (Wildman–Crippen MR) is 62.4 cm³/mol. The van der Waals surface area contributed by atoms with E-state index in [0.29, 0.717) is 12.5 Å². The van der Waals surface area contributed by atoms with Crippen LogP contribution in [0.2, 0.25) is 0 Å². The summed E-state index contributed by atoms with van der Waals surface area (Å²) < 4.78 is 0. The highest BCUT2D eigenvalue weighted by molar-refractivity contribution is 5.24. The summed E-state index contributed by atoms with van der Waals surface area (Å²) in [5, 5.41) is 12.0. The van der Waals surface area contributed by atoms with Gasteiger partial charge in [0.2, 0.25) is 0 Å². The third kappa shape index (κ3) is 3.73. The molecule has 0 heterocycles. The molecule has 0 radical (unpaired) electrons. The molecule has 1 aromatic carbocycles. The summed E-state index contributed by atoms with van der Waals surface area (Å²) in [4.78, 5) is 0. The van der Waals surface area contributed by atoms with E-state index in [4.69, 9.17) is 5.26 Å². The number of aryl methyl sites for hydroxylation is 1. The van der Waals surface area contributed by atoms with Crippen LogP contribution in [0.4, 0.5) is 0 Å². The Morgan fingerprint density at radius 3 is 2.73 bits per heavy atom. The van der Waals surface area contributed by atoms with Crippen molar-refractivity contribution in [2.45, 2.75) is 39.3 Å². The average molecular weight is 202 g/mol. The zero-order valence-corrected chi connectivity index (χ0v) is 9.62. The van der Waals surface area contributed by atoms with Gasteiger partial charge in [-0.2, -0.15) is 5.26 Å². The van der Waals surface area contributed by atoms with Gasteiger partial charge in [0.1, 0.15) is 0 Å². The molecule has 2 atom stereocenters. The maximum absolute atomic E-state index is 8.57. The van der Waals surface area contributed by atoms with E-state index in [1.54, 1.807) is 0 Å². The molecular weight excluding hydrogens is 184 g/mol. The zero-order chi connectivity index (χ0) is 11.3. The lowest BCUT2D eigenvalue weighted by molar-refractivity contribution is 0.485. The topological polar surface area (TPSA) is 35.8 Å². The third-order valence-corrected chi connectivity index (χ3v) is 2.47. The van der Waals surface area contributed by atoms with Crippen LogP contribution in [-0.2, 0) is 0 Å². The van der Waals surface area contributed by atoms with Crippen molar-refractivity contribution in [3.8, 4) is 6.07 Å². The third-order valence-electron chi connectivity index (χ3n) is 2.47. The minimum absolute atomic E-state index is 0.241. The zero-order valence-electron chi connectivity index (χ0n) is 9.62. The Morgan fingerprint density at radius 1 is 1.40 bits per heavy atom. The van der Waals surface area contributed by atoms with E-state index in [9.17, 15) is 0 Å². The summed E-state index contributed by atoms with van der Waals surface area (Å²) >= 11 is 0. The predicted octanol–water partition coefficient (Wildman–Crippen LogP) is 2.95. The van der Waals surface area contributed by atoms with Gasteiger partial charge in [-0.25, -0.2) is 0 Å². The van der Waals surface area contributed by atoms with Crippen molar-refractivity contribution >= 4 is 0 Å². The molecule has 1 rings (SSSR count). The van der Waals surface area contributed by atoms with Crippen molar-refractivity contribution in [1.29, 1.82) is 5.26 Å². The van der Waals surface area contributed by atoms with Crippen LogP contribution < -0.4 is 5.32 Å². The van der Waals surface area contributed by atoms with E-state index in [2.05, 4.69) is 49.5 Å². The molecule has 2 nitrogen and oxygen atoms in total. The molecule has 0 aliphatic heterocycles. The Bertz CT molecular complexity index is 352. The van der Waals surface area contributed by atoms with Crippen molar-refractivity contribution in [2.75, 3.05) is 0 Å². The van der Waals surface area contributed by atoms with Crippen LogP contribution in [-0.4, -0.2) is 6.04 Å². The van der Waals surface area contributed by atoms with Crippen LogP contribution in [0.15, 0.2) is 24.3 Å². The van der Waals surface area contributed by atoms with Crippen LogP contribution in [0.25, 0.3) is 0 Å². The van der Waals surface area contributed by atoms with Gasteiger partial charge in [-0.15, -0.1) is 0 Å². The Hall–Kier alpha value is -1.33. The second-order valence-electron chi connectivity index (χ2n) is 4.07. The van der Waals surface area contributed by atoms with Crippen LogP contribution in [0, 0.1) is 18.3 Å². The van der Waals surface area contributed by atoms with Gasteiger partial charge in [0.05, 0.1) is 12.5 Å². The number of benzene rings is 1. The Kier molecular flexibility index (Phi) is 4.33. The molecule has 80 valence electrons. The average Bonchev–Trinajstić information content (AvgIpc) is 2.18. The molecule has 0 saturated heterocycles. The summed E-state index contributed by atoms with van der Waals surface area (Å²) in [7, 11) is 0. The highest BCUT2D eigenvalue weighted by Crippen LogP contribution is 2.14. The van der Waals surface area contributed by atoms with E-state index >= 15 is 0 Å². The second kappa shape index (κ2) is 5.53. The van der Waals surface area contributed by atoms with Gasteiger partial charge in [-0.3, -0.25) is 0 Å². The van der Waals surface area contributed by atoms with Crippen LogP contribution >= 0.6 is 0 Å². The second-order valence-corrected chi connectivity index (χ2v) is 4.07. The lowest BCUT2D eigenvalue weighted by Crippen LogP contribution is -2.28. The van der Waals surface area contributed by atoms with Crippen molar-refractivity contribution in [3.05, 3.63) is 35.4 Å². The summed E-state index contributed by atoms with van der Waals surface area (Å²) in [5.74, 6) is 0. The van der Waals surface area contributed by atoms with Gasteiger partial charge in [0, 0.05) is 12.1 Å². The molecule has 0 aliphatic carbocycles. The number of nitrogens with one attached hydrogen (secondary N) is 1. The molecule has 0 fully saturated rings. The Labute approximate surface area is 91.9 Å². The monoisotopic (exact) mass is 202 g/mol. The molecular formula is C13H18N2. The van der Waals surface area contributed by atoms with Gasteiger partial charge in [0.15, 0.2) is 0 Å². The van der Waals surface area contributed by atoms with E-state index in [1.165, 1.54) is 11.1 Å². The van der Waals surface area contributed by atoms with E-state index in [-0.39, 0.29) is 6.04 Å². The maximum Gasteiger partial charge on any atom is 0.0638 e. The molecule has 2 heteroatoms. The lowest BCUT2D eigenvalue weighted by Gasteiger charge is -2.18. The first kappa shape index (κ1) is 11.7. The number of nitriles is 1. The first-order valence-electron chi connectivity index (χ1n) is 5.33. The summed E-state index contributed by atoms with van der Waals surface area (Å²) in [6.45, 7) is 6.26. The van der Waals surface area contributed by atoms with Crippen LogP contribution in [0.1, 0.15) is 37.4 Å². The summed E-state index contributed by atoms with van der Waals surface area (Å²) in [6, 6.07) is 11.2. The van der Waals surface area contributed by atoms with Gasteiger partial charge in [-0.1, -0.05) is 29.8 Å². The fourth-order valence-corrected chi connectivity index (χ4v) is 1.66. The molecule has 0 spiro atoms. The fraction of sp³-hybridized carbons (Fsp3) is 0.462.